The van der Waals surface area contributed by atoms with Crippen molar-refractivity contribution in [2.75, 3.05) is 11.9 Å². The van der Waals surface area contributed by atoms with Gasteiger partial charge in [-0.05, 0) is 25.7 Å². The molecule has 0 aliphatic carbocycles. The van der Waals surface area contributed by atoms with Crippen LogP contribution in [0, 0.1) is 12.8 Å². The molecule has 0 aromatic carbocycles. The number of hydrogen-bond donors (Lipinski definition) is 1. The van der Waals surface area contributed by atoms with Crippen LogP contribution in [0.1, 0.15) is 38.9 Å². The van der Waals surface area contributed by atoms with E-state index in [0.29, 0.717) is 36.9 Å². The maximum Gasteiger partial charge on any atom is 0.248 e. The van der Waals surface area contributed by atoms with Gasteiger partial charge in [-0.15, -0.1) is 0 Å². The molecule has 2 heterocycles. The van der Waals surface area contributed by atoms with Gasteiger partial charge in [-0.25, -0.2) is 0 Å². The Morgan fingerprint density at radius 3 is 2.90 bits per heavy atom. The number of nitrogens with zero attached hydrogens (tertiary/aromatic N) is 2. The summed E-state index contributed by atoms with van der Waals surface area (Å²) in [4.78, 5) is 26.1. The lowest BCUT2D eigenvalue weighted by atomic mass is 10.1. The van der Waals surface area contributed by atoms with Gasteiger partial charge in [0, 0.05) is 19.0 Å². The number of aryl methyl sites for hydroxylation is 1. The first-order chi connectivity index (χ1) is 9.47. The molecular formula is C14H21N3O3. The molecule has 0 saturated carbocycles. The van der Waals surface area contributed by atoms with Crippen molar-refractivity contribution in [1.82, 2.24) is 10.1 Å². The summed E-state index contributed by atoms with van der Waals surface area (Å²) < 4.78 is 4.91. The smallest absolute Gasteiger partial charge is 0.248 e. The number of anilines is 1. The van der Waals surface area contributed by atoms with Gasteiger partial charge in [0.15, 0.2) is 5.82 Å². The Kier molecular flexibility index (Phi) is 4.42. The zero-order valence-electron chi connectivity index (χ0n) is 12.2. The van der Waals surface area contributed by atoms with Crippen LogP contribution >= 0.6 is 0 Å². The molecule has 1 atom stereocenters. The lowest BCUT2D eigenvalue weighted by molar-refractivity contribution is -0.137. The van der Waals surface area contributed by atoms with E-state index >= 15 is 0 Å². The lowest BCUT2D eigenvalue weighted by Crippen LogP contribution is -2.43. The van der Waals surface area contributed by atoms with E-state index in [9.17, 15) is 9.59 Å². The number of amides is 2. The summed E-state index contributed by atoms with van der Waals surface area (Å²) in [5.74, 6) is 1.20. The molecule has 0 radical (unpaired) electrons. The monoisotopic (exact) mass is 279 g/mol. The number of aromatic nitrogens is 1. The highest BCUT2D eigenvalue weighted by Crippen LogP contribution is 2.21. The number of nitrogens with one attached hydrogen (secondary N) is 1. The fourth-order valence-electron chi connectivity index (χ4n) is 2.44. The molecular weight excluding hydrogens is 258 g/mol. The van der Waals surface area contributed by atoms with Crippen molar-refractivity contribution >= 4 is 17.6 Å². The minimum absolute atomic E-state index is 0.0500. The third-order valence-corrected chi connectivity index (χ3v) is 3.34. The van der Waals surface area contributed by atoms with Crippen LogP contribution < -0.4 is 5.32 Å². The Balaban J connectivity index is 1.99. The van der Waals surface area contributed by atoms with Gasteiger partial charge in [0.1, 0.15) is 11.8 Å². The van der Waals surface area contributed by atoms with Crippen molar-refractivity contribution < 1.29 is 14.1 Å². The first kappa shape index (κ1) is 14.6. The van der Waals surface area contributed by atoms with Gasteiger partial charge >= 0.3 is 0 Å². The summed E-state index contributed by atoms with van der Waals surface area (Å²) in [6.45, 7) is 6.42. The predicted molar refractivity (Wildman–Crippen MR) is 74.1 cm³/mol. The molecule has 1 aliphatic rings. The van der Waals surface area contributed by atoms with E-state index in [4.69, 9.17) is 4.52 Å². The van der Waals surface area contributed by atoms with Crippen molar-refractivity contribution in [3.8, 4) is 0 Å². The van der Waals surface area contributed by atoms with Crippen LogP contribution in [-0.4, -0.2) is 34.5 Å². The molecule has 6 nitrogen and oxygen atoms in total. The molecule has 6 heteroatoms. The zero-order valence-corrected chi connectivity index (χ0v) is 12.2. The van der Waals surface area contributed by atoms with Gasteiger partial charge in [-0.1, -0.05) is 19.0 Å². The first-order valence-corrected chi connectivity index (χ1v) is 7.01. The van der Waals surface area contributed by atoms with Crippen molar-refractivity contribution in [3.05, 3.63) is 11.8 Å². The fraction of sp³-hybridized carbons (Fsp3) is 0.643. The highest BCUT2D eigenvalue weighted by molar-refractivity contribution is 5.96. The van der Waals surface area contributed by atoms with Gasteiger partial charge in [-0.2, -0.15) is 0 Å². The van der Waals surface area contributed by atoms with Gasteiger partial charge in [0.25, 0.3) is 0 Å². The highest BCUT2D eigenvalue weighted by Gasteiger charge is 2.34. The highest BCUT2D eigenvalue weighted by atomic mass is 16.5. The molecule has 20 heavy (non-hydrogen) atoms. The number of carbonyl (C=O) groups excluding carboxylic acids is 2. The van der Waals surface area contributed by atoms with Crippen molar-refractivity contribution in [2.24, 2.45) is 5.92 Å². The first-order valence-electron chi connectivity index (χ1n) is 7.01. The van der Waals surface area contributed by atoms with Gasteiger partial charge in [0.2, 0.25) is 11.8 Å². The summed E-state index contributed by atoms with van der Waals surface area (Å²) in [6.07, 6.45) is 2.04. The van der Waals surface area contributed by atoms with Gasteiger partial charge in [-0.3, -0.25) is 9.59 Å². The molecule has 1 unspecified atom stereocenters. The molecule has 0 bridgehead atoms. The summed E-state index contributed by atoms with van der Waals surface area (Å²) in [5, 5.41) is 6.44. The second kappa shape index (κ2) is 6.07. The Morgan fingerprint density at radius 1 is 1.55 bits per heavy atom. The predicted octanol–water partition coefficient (Wildman–Crippen LogP) is 1.96. The standard InChI is InChI=1S/C14H21N3O3/c1-9(2)7-13(18)17-6-4-5-11(17)14(19)15-12-8-10(3)20-16-12/h8-9,11H,4-7H2,1-3H3,(H,15,16,19). The summed E-state index contributed by atoms with van der Waals surface area (Å²) in [6, 6.07) is 1.27. The summed E-state index contributed by atoms with van der Waals surface area (Å²) in [7, 11) is 0. The normalized spacial score (nSPS) is 18.6. The quantitative estimate of drug-likeness (QED) is 0.914. The Bertz CT molecular complexity index is 496. The topological polar surface area (TPSA) is 75.4 Å². The molecule has 2 rings (SSSR count). The Hall–Kier alpha value is -1.85. The van der Waals surface area contributed by atoms with E-state index < -0.39 is 6.04 Å². The number of hydrogen-bond acceptors (Lipinski definition) is 4. The van der Waals surface area contributed by atoms with E-state index in [1.165, 1.54) is 0 Å². The summed E-state index contributed by atoms with van der Waals surface area (Å²) >= 11 is 0. The molecule has 1 aromatic rings. The fourth-order valence-corrected chi connectivity index (χ4v) is 2.44. The van der Waals surface area contributed by atoms with Crippen LogP contribution in [0.5, 0.6) is 0 Å². The average Bonchev–Trinajstić information content (AvgIpc) is 2.97. The van der Waals surface area contributed by atoms with E-state index in [1.54, 1.807) is 17.9 Å². The zero-order chi connectivity index (χ0) is 14.7. The van der Waals surface area contributed by atoms with Crippen LogP contribution in [-0.2, 0) is 9.59 Å². The Morgan fingerprint density at radius 2 is 2.30 bits per heavy atom. The van der Waals surface area contributed by atoms with Crippen LogP contribution in [0.2, 0.25) is 0 Å². The van der Waals surface area contributed by atoms with Crippen LogP contribution in [0.25, 0.3) is 0 Å². The molecule has 1 aliphatic heterocycles. The van der Waals surface area contributed by atoms with Crippen LogP contribution in [0.3, 0.4) is 0 Å². The second-order valence-corrected chi connectivity index (χ2v) is 5.66. The van der Waals surface area contributed by atoms with Crippen molar-refractivity contribution in [3.63, 3.8) is 0 Å². The Labute approximate surface area is 118 Å². The van der Waals surface area contributed by atoms with Gasteiger partial charge < -0.3 is 14.7 Å². The molecule has 2 amide bonds. The molecule has 0 spiro atoms. The SMILES string of the molecule is Cc1cc(NC(=O)C2CCCN2C(=O)CC(C)C)no1. The maximum absolute atomic E-state index is 12.2. The van der Waals surface area contributed by atoms with Gasteiger partial charge in [0.05, 0.1) is 0 Å². The second-order valence-electron chi connectivity index (χ2n) is 5.66. The number of likely N-dealkylation sites (tertiary alicyclic amines) is 1. The molecule has 1 fully saturated rings. The van der Waals surface area contributed by atoms with E-state index in [-0.39, 0.29) is 11.8 Å². The van der Waals surface area contributed by atoms with Crippen molar-refractivity contribution in [2.45, 2.75) is 46.1 Å². The maximum atomic E-state index is 12.2. The minimum atomic E-state index is -0.391. The van der Waals surface area contributed by atoms with E-state index in [1.807, 2.05) is 13.8 Å². The third-order valence-electron chi connectivity index (χ3n) is 3.34. The third kappa shape index (κ3) is 3.37. The minimum Gasteiger partial charge on any atom is -0.360 e. The van der Waals surface area contributed by atoms with E-state index in [2.05, 4.69) is 10.5 Å². The van der Waals surface area contributed by atoms with E-state index in [0.717, 1.165) is 6.42 Å². The van der Waals surface area contributed by atoms with Crippen molar-refractivity contribution in [1.29, 1.82) is 0 Å². The molecule has 110 valence electrons. The molecule has 1 N–H and O–H groups in total. The number of carbonyl (C=O) groups is 2. The molecule has 1 aromatic heterocycles. The summed E-state index contributed by atoms with van der Waals surface area (Å²) in [5.41, 5.74) is 0. The number of rotatable bonds is 4. The largest absolute Gasteiger partial charge is 0.360 e. The molecule has 1 saturated heterocycles. The average molecular weight is 279 g/mol. The van der Waals surface area contributed by atoms with Crippen LogP contribution in [0.15, 0.2) is 10.6 Å². The van der Waals surface area contributed by atoms with Crippen LogP contribution in [0.4, 0.5) is 5.82 Å². The lowest BCUT2D eigenvalue weighted by Gasteiger charge is -2.24.